The predicted octanol–water partition coefficient (Wildman–Crippen LogP) is 4.95. The highest BCUT2D eigenvalue weighted by Gasteiger charge is 2.24. The smallest absolute Gasteiger partial charge is 0.118 e. The molecular formula is C19H31NO. The Hall–Kier alpha value is -1.02. The molecule has 21 heavy (non-hydrogen) atoms. The zero-order chi connectivity index (χ0) is 15.2. The Morgan fingerprint density at radius 1 is 1.10 bits per heavy atom. The van der Waals surface area contributed by atoms with E-state index in [1.54, 1.807) is 7.11 Å². The van der Waals surface area contributed by atoms with Crippen LogP contribution in [0.1, 0.15) is 64.5 Å². The zero-order valence-corrected chi connectivity index (χ0v) is 14.1. The minimum absolute atomic E-state index is 0.469. The van der Waals surface area contributed by atoms with E-state index in [1.807, 2.05) is 0 Å². The second-order valence-electron chi connectivity index (χ2n) is 6.76. The van der Waals surface area contributed by atoms with Crippen LogP contribution in [0.25, 0.3) is 0 Å². The van der Waals surface area contributed by atoms with E-state index in [0.29, 0.717) is 12.1 Å². The normalized spacial score (nSPS) is 24.0. The fourth-order valence-electron chi connectivity index (χ4n) is 3.52. The van der Waals surface area contributed by atoms with Crippen LogP contribution in [0.5, 0.6) is 5.75 Å². The SMILES string of the molecule is CCC(NC1CCC(C(C)C)CC1)c1ccc(OC)cc1. The first kappa shape index (κ1) is 16.4. The van der Waals surface area contributed by atoms with E-state index < -0.39 is 0 Å². The Morgan fingerprint density at radius 2 is 1.71 bits per heavy atom. The summed E-state index contributed by atoms with van der Waals surface area (Å²) in [5.41, 5.74) is 1.38. The number of methoxy groups -OCH3 is 1. The first-order chi connectivity index (χ1) is 10.1. The fourth-order valence-corrected chi connectivity index (χ4v) is 3.52. The van der Waals surface area contributed by atoms with Crippen LogP contribution in [0.3, 0.4) is 0 Å². The van der Waals surface area contributed by atoms with Crippen LogP contribution in [0.15, 0.2) is 24.3 Å². The van der Waals surface area contributed by atoms with Gasteiger partial charge in [0.1, 0.15) is 5.75 Å². The third-order valence-corrected chi connectivity index (χ3v) is 5.08. The van der Waals surface area contributed by atoms with Gasteiger partial charge in [-0.1, -0.05) is 32.9 Å². The minimum Gasteiger partial charge on any atom is -0.497 e. The molecule has 1 saturated carbocycles. The Balaban J connectivity index is 1.90. The van der Waals surface area contributed by atoms with E-state index in [2.05, 4.69) is 50.4 Å². The Morgan fingerprint density at radius 3 is 2.19 bits per heavy atom. The van der Waals surface area contributed by atoms with Gasteiger partial charge in [0, 0.05) is 12.1 Å². The largest absolute Gasteiger partial charge is 0.497 e. The molecule has 2 nitrogen and oxygen atoms in total. The Labute approximate surface area is 130 Å². The lowest BCUT2D eigenvalue weighted by Crippen LogP contribution is -2.36. The second-order valence-corrected chi connectivity index (χ2v) is 6.76. The molecule has 0 radical (unpaired) electrons. The number of hydrogen-bond donors (Lipinski definition) is 1. The van der Waals surface area contributed by atoms with Crippen molar-refractivity contribution in [3.8, 4) is 5.75 Å². The van der Waals surface area contributed by atoms with Crippen LogP contribution >= 0.6 is 0 Å². The molecule has 1 atom stereocenters. The molecule has 1 unspecified atom stereocenters. The topological polar surface area (TPSA) is 21.3 Å². The molecule has 0 bridgehead atoms. The summed E-state index contributed by atoms with van der Waals surface area (Å²) in [6.45, 7) is 7.00. The summed E-state index contributed by atoms with van der Waals surface area (Å²) < 4.78 is 5.25. The summed E-state index contributed by atoms with van der Waals surface area (Å²) in [6, 6.07) is 9.67. The van der Waals surface area contributed by atoms with Crippen molar-refractivity contribution >= 4 is 0 Å². The summed E-state index contributed by atoms with van der Waals surface area (Å²) in [5.74, 6) is 2.71. The van der Waals surface area contributed by atoms with Gasteiger partial charge in [-0.2, -0.15) is 0 Å². The van der Waals surface area contributed by atoms with Crippen molar-refractivity contribution in [1.29, 1.82) is 0 Å². The van der Waals surface area contributed by atoms with Gasteiger partial charge in [-0.25, -0.2) is 0 Å². The van der Waals surface area contributed by atoms with Gasteiger partial charge >= 0.3 is 0 Å². The van der Waals surface area contributed by atoms with Crippen molar-refractivity contribution in [2.24, 2.45) is 11.8 Å². The first-order valence-electron chi connectivity index (χ1n) is 8.54. The van der Waals surface area contributed by atoms with Gasteiger partial charge in [0.15, 0.2) is 0 Å². The summed E-state index contributed by atoms with van der Waals surface area (Å²) in [6.07, 6.45) is 6.56. The minimum atomic E-state index is 0.469. The number of hydrogen-bond acceptors (Lipinski definition) is 2. The lowest BCUT2D eigenvalue weighted by molar-refractivity contribution is 0.227. The van der Waals surface area contributed by atoms with Crippen molar-refractivity contribution in [2.75, 3.05) is 7.11 Å². The zero-order valence-electron chi connectivity index (χ0n) is 14.1. The summed E-state index contributed by atoms with van der Waals surface area (Å²) >= 11 is 0. The van der Waals surface area contributed by atoms with Crippen molar-refractivity contribution < 1.29 is 4.74 Å². The van der Waals surface area contributed by atoms with E-state index >= 15 is 0 Å². The lowest BCUT2D eigenvalue weighted by atomic mass is 9.79. The molecule has 0 spiro atoms. The van der Waals surface area contributed by atoms with Crippen molar-refractivity contribution in [3.05, 3.63) is 29.8 Å². The second kappa shape index (κ2) is 7.84. The van der Waals surface area contributed by atoms with E-state index in [1.165, 1.54) is 31.2 Å². The lowest BCUT2D eigenvalue weighted by Gasteiger charge is -2.33. The van der Waals surface area contributed by atoms with Gasteiger partial charge in [-0.05, 0) is 61.6 Å². The highest BCUT2D eigenvalue weighted by atomic mass is 16.5. The third kappa shape index (κ3) is 4.47. The molecule has 1 N–H and O–H groups in total. The standard InChI is InChI=1S/C19H31NO/c1-5-19(16-8-12-18(21-4)13-9-16)20-17-10-6-15(7-11-17)14(2)3/h8-9,12-15,17,19-20H,5-7,10-11H2,1-4H3. The van der Waals surface area contributed by atoms with E-state index in [-0.39, 0.29) is 0 Å². The van der Waals surface area contributed by atoms with Crippen molar-refractivity contribution in [2.45, 2.75) is 65.0 Å². The summed E-state index contributed by atoms with van der Waals surface area (Å²) in [5, 5.41) is 3.88. The number of ether oxygens (including phenoxy) is 1. The quantitative estimate of drug-likeness (QED) is 0.800. The first-order valence-corrected chi connectivity index (χ1v) is 8.54. The molecule has 1 aromatic rings. The van der Waals surface area contributed by atoms with Gasteiger partial charge in [-0.15, -0.1) is 0 Å². The molecule has 0 saturated heterocycles. The van der Waals surface area contributed by atoms with Gasteiger partial charge in [-0.3, -0.25) is 0 Å². The van der Waals surface area contributed by atoms with Gasteiger partial charge in [0.25, 0.3) is 0 Å². The predicted molar refractivity (Wildman–Crippen MR) is 89.7 cm³/mol. The Bertz CT molecular complexity index is 404. The number of rotatable bonds is 6. The van der Waals surface area contributed by atoms with Crippen LogP contribution < -0.4 is 10.1 Å². The van der Waals surface area contributed by atoms with Crippen molar-refractivity contribution in [1.82, 2.24) is 5.32 Å². The molecule has 1 aliphatic rings. The molecule has 118 valence electrons. The molecule has 2 heteroatoms. The monoisotopic (exact) mass is 289 g/mol. The van der Waals surface area contributed by atoms with Crippen LogP contribution in [0.4, 0.5) is 0 Å². The molecule has 1 aromatic carbocycles. The van der Waals surface area contributed by atoms with E-state index in [4.69, 9.17) is 4.74 Å². The molecule has 1 fully saturated rings. The fraction of sp³-hybridized carbons (Fsp3) is 0.684. The molecule has 2 rings (SSSR count). The highest BCUT2D eigenvalue weighted by molar-refractivity contribution is 5.29. The maximum Gasteiger partial charge on any atom is 0.118 e. The molecule has 0 amide bonds. The average molecular weight is 289 g/mol. The van der Waals surface area contributed by atoms with Gasteiger partial charge in [0.2, 0.25) is 0 Å². The maximum atomic E-state index is 5.25. The van der Waals surface area contributed by atoms with Crippen LogP contribution in [-0.2, 0) is 0 Å². The molecule has 0 aromatic heterocycles. The molecule has 1 aliphatic carbocycles. The van der Waals surface area contributed by atoms with Crippen LogP contribution in [0.2, 0.25) is 0 Å². The van der Waals surface area contributed by atoms with Gasteiger partial charge < -0.3 is 10.1 Å². The maximum absolute atomic E-state index is 5.25. The number of benzene rings is 1. The molecule has 0 aliphatic heterocycles. The van der Waals surface area contributed by atoms with Gasteiger partial charge in [0.05, 0.1) is 7.11 Å². The van der Waals surface area contributed by atoms with Crippen LogP contribution in [-0.4, -0.2) is 13.2 Å². The van der Waals surface area contributed by atoms with Crippen molar-refractivity contribution in [3.63, 3.8) is 0 Å². The summed E-state index contributed by atoms with van der Waals surface area (Å²) in [7, 11) is 1.72. The molecule has 0 heterocycles. The third-order valence-electron chi connectivity index (χ3n) is 5.08. The Kier molecular flexibility index (Phi) is 6.10. The highest BCUT2D eigenvalue weighted by Crippen LogP contribution is 2.31. The number of nitrogens with one attached hydrogen (secondary N) is 1. The average Bonchev–Trinajstić information content (AvgIpc) is 2.53. The van der Waals surface area contributed by atoms with Crippen LogP contribution in [0, 0.1) is 11.8 Å². The van der Waals surface area contributed by atoms with E-state index in [9.17, 15) is 0 Å². The molecular weight excluding hydrogens is 258 g/mol. The van der Waals surface area contributed by atoms with E-state index in [0.717, 1.165) is 24.0 Å². The summed E-state index contributed by atoms with van der Waals surface area (Å²) in [4.78, 5) is 0.